The molecule has 3 atom stereocenters. The van der Waals surface area contributed by atoms with Crippen LogP contribution < -0.4 is 11.1 Å². The van der Waals surface area contributed by atoms with Gasteiger partial charge in [-0.1, -0.05) is 73.7 Å². The number of alkyl carbamates (subject to hydrolysis) is 1. The molecule has 192 valence electrons. The van der Waals surface area contributed by atoms with Crippen molar-refractivity contribution < 1.29 is 23.8 Å². The summed E-state index contributed by atoms with van der Waals surface area (Å²) in [6, 6.07) is 18.3. The van der Waals surface area contributed by atoms with Crippen LogP contribution in [-0.2, 0) is 32.2 Å². The number of amides is 1. The van der Waals surface area contributed by atoms with Crippen molar-refractivity contribution in [2.45, 2.75) is 65.1 Å². The van der Waals surface area contributed by atoms with E-state index in [-0.39, 0.29) is 25.0 Å². The molecule has 0 aliphatic heterocycles. The second-order valence-corrected chi connectivity index (χ2v) is 9.96. The molecule has 7 nitrogen and oxygen atoms in total. The highest BCUT2D eigenvalue weighted by Gasteiger charge is 2.29. The number of nitrogens with one attached hydrogen (secondary N) is 1. The summed E-state index contributed by atoms with van der Waals surface area (Å²) in [6.07, 6.45) is 3.07. The van der Waals surface area contributed by atoms with E-state index in [1.54, 1.807) is 20.8 Å². The molecule has 1 aliphatic rings. The van der Waals surface area contributed by atoms with Crippen LogP contribution in [0.25, 0.3) is 0 Å². The summed E-state index contributed by atoms with van der Waals surface area (Å²) >= 11 is 0. The van der Waals surface area contributed by atoms with Gasteiger partial charge in [0.25, 0.3) is 0 Å². The number of allylic oxidation sites excluding steroid dienone is 1. The first-order chi connectivity index (χ1) is 17.1. The van der Waals surface area contributed by atoms with Gasteiger partial charge in [-0.3, -0.25) is 0 Å². The lowest BCUT2D eigenvalue weighted by atomic mass is 9.89. The number of benzene rings is 2. The molecule has 0 bridgehead atoms. The summed E-state index contributed by atoms with van der Waals surface area (Å²) in [7, 11) is 0. The van der Waals surface area contributed by atoms with Crippen LogP contribution in [0, 0.1) is 5.92 Å². The van der Waals surface area contributed by atoms with E-state index >= 15 is 0 Å². The Morgan fingerprint density at radius 3 is 2.11 bits per heavy atom. The largest absolute Gasteiger partial charge is 0.459 e. The topological polar surface area (TPSA) is 99.9 Å². The number of rotatable bonds is 9. The van der Waals surface area contributed by atoms with Crippen LogP contribution in [0.15, 0.2) is 84.1 Å². The maximum atomic E-state index is 13.0. The Morgan fingerprint density at radius 2 is 1.56 bits per heavy atom. The van der Waals surface area contributed by atoms with Gasteiger partial charge in [-0.15, -0.1) is 0 Å². The number of hydrogen-bond donors (Lipinski definition) is 2. The summed E-state index contributed by atoms with van der Waals surface area (Å²) in [5.74, 6) is -0.566. The normalized spacial score (nSPS) is 18.4. The molecular formula is C29H36N2O5. The number of carbonyl (C=O) groups is 2. The van der Waals surface area contributed by atoms with Crippen molar-refractivity contribution in [3.8, 4) is 0 Å². The highest BCUT2D eigenvalue weighted by atomic mass is 16.6. The van der Waals surface area contributed by atoms with Gasteiger partial charge in [-0.05, 0) is 43.5 Å². The van der Waals surface area contributed by atoms with Crippen LogP contribution in [0.5, 0.6) is 0 Å². The lowest BCUT2D eigenvalue weighted by Gasteiger charge is -2.29. The van der Waals surface area contributed by atoms with Gasteiger partial charge < -0.3 is 25.3 Å². The van der Waals surface area contributed by atoms with E-state index in [1.165, 1.54) is 0 Å². The molecule has 7 heteroatoms. The fourth-order valence-electron chi connectivity index (χ4n) is 3.92. The fraction of sp³-hybridized carbons (Fsp3) is 0.379. The second kappa shape index (κ2) is 12.4. The van der Waals surface area contributed by atoms with Gasteiger partial charge in [0.2, 0.25) is 0 Å². The third-order valence-corrected chi connectivity index (χ3v) is 5.55. The molecule has 0 heterocycles. The molecular weight excluding hydrogens is 456 g/mol. The van der Waals surface area contributed by atoms with E-state index < -0.39 is 23.7 Å². The Balaban J connectivity index is 1.67. The van der Waals surface area contributed by atoms with E-state index in [9.17, 15) is 9.59 Å². The Hall–Kier alpha value is -3.58. The number of hydrogen-bond acceptors (Lipinski definition) is 6. The van der Waals surface area contributed by atoms with E-state index in [0.717, 1.165) is 16.7 Å². The molecule has 0 aromatic heterocycles. The minimum absolute atomic E-state index is 0.0174. The molecule has 0 radical (unpaired) electrons. The predicted molar refractivity (Wildman–Crippen MR) is 139 cm³/mol. The van der Waals surface area contributed by atoms with Crippen molar-refractivity contribution in [1.82, 2.24) is 5.32 Å². The molecule has 0 saturated carbocycles. The SMILES string of the molecule is CC1C=C(C[C@H](NC(=O)OC(C)(C)C)C(=O)OCc2ccccc2)C=C(N)C1OCc1ccccc1. The molecule has 0 fully saturated rings. The Bertz CT molecular complexity index is 1070. The molecule has 0 saturated heterocycles. The smallest absolute Gasteiger partial charge is 0.408 e. The zero-order chi connectivity index (χ0) is 26.1. The first kappa shape index (κ1) is 27.0. The van der Waals surface area contributed by atoms with E-state index in [1.807, 2.05) is 79.7 Å². The summed E-state index contributed by atoms with van der Waals surface area (Å²) in [4.78, 5) is 25.5. The van der Waals surface area contributed by atoms with Crippen molar-refractivity contribution >= 4 is 12.1 Å². The van der Waals surface area contributed by atoms with Gasteiger partial charge in [-0.25, -0.2) is 9.59 Å². The van der Waals surface area contributed by atoms with Crippen molar-refractivity contribution in [2.24, 2.45) is 11.7 Å². The number of esters is 1. The predicted octanol–water partition coefficient (Wildman–Crippen LogP) is 5.02. The highest BCUT2D eigenvalue weighted by molar-refractivity contribution is 5.82. The third kappa shape index (κ3) is 8.57. The third-order valence-electron chi connectivity index (χ3n) is 5.55. The van der Waals surface area contributed by atoms with Gasteiger partial charge in [0, 0.05) is 18.0 Å². The molecule has 2 unspecified atom stereocenters. The van der Waals surface area contributed by atoms with E-state index in [2.05, 4.69) is 5.32 Å². The molecule has 3 N–H and O–H groups in total. The lowest BCUT2D eigenvalue weighted by Crippen LogP contribution is -2.44. The van der Waals surface area contributed by atoms with Crippen molar-refractivity contribution in [2.75, 3.05) is 0 Å². The Labute approximate surface area is 213 Å². The standard InChI is InChI=1S/C29H36N2O5/c1-20-15-23(16-24(30)26(20)34-18-21-11-7-5-8-12-21)17-25(31-28(33)36-29(2,3)4)27(32)35-19-22-13-9-6-10-14-22/h5-16,20,25-26H,17-19,30H2,1-4H3,(H,31,33)/t20?,25-,26?/m0/s1. The summed E-state index contributed by atoms with van der Waals surface area (Å²) in [5, 5.41) is 2.67. The molecule has 0 spiro atoms. The average Bonchev–Trinajstić information content (AvgIpc) is 2.82. The van der Waals surface area contributed by atoms with Gasteiger partial charge >= 0.3 is 12.1 Å². The minimum Gasteiger partial charge on any atom is -0.459 e. The monoisotopic (exact) mass is 492 g/mol. The molecule has 1 aliphatic carbocycles. The van der Waals surface area contributed by atoms with E-state index in [0.29, 0.717) is 12.3 Å². The van der Waals surface area contributed by atoms with Crippen molar-refractivity contribution in [3.63, 3.8) is 0 Å². The number of nitrogens with two attached hydrogens (primary N) is 1. The zero-order valence-corrected chi connectivity index (χ0v) is 21.4. The average molecular weight is 493 g/mol. The maximum absolute atomic E-state index is 13.0. The quantitative estimate of drug-likeness (QED) is 0.477. The van der Waals surface area contributed by atoms with Gasteiger partial charge in [0.15, 0.2) is 0 Å². The molecule has 3 rings (SSSR count). The van der Waals surface area contributed by atoms with Crippen molar-refractivity contribution in [3.05, 3.63) is 95.2 Å². The zero-order valence-electron chi connectivity index (χ0n) is 21.4. The van der Waals surface area contributed by atoms with Gasteiger partial charge in [-0.2, -0.15) is 0 Å². The molecule has 2 aromatic rings. The fourth-order valence-corrected chi connectivity index (χ4v) is 3.92. The molecule has 36 heavy (non-hydrogen) atoms. The summed E-state index contributed by atoms with van der Waals surface area (Å²) < 4.78 is 17.0. The first-order valence-electron chi connectivity index (χ1n) is 12.1. The Kier molecular flexibility index (Phi) is 9.31. The van der Waals surface area contributed by atoms with Crippen LogP contribution >= 0.6 is 0 Å². The van der Waals surface area contributed by atoms with Gasteiger partial charge in [0.1, 0.15) is 24.4 Å². The van der Waals surface area contributed by atoms with E-state index in [4.69, 9.17) is 19.9 Å². The van der Waals surface area contributed by atoms with Gasteiger partial charge in [0.05, 0.1) is 6.61 Å². The van der Waals surface area contributed by atoms with Crippen LogP contribution in [0.2, 0.25) is 0 Å². The summed E-state index contributed by atoms with van der Waals surface area (Å²) in [6.45, 7) is 7.86. The number of carbonyl (C=O) groups excluding carboxylic acids is 2. The molecule has 2 aromatic carbocycles. The maximum Gasteiger partial charge on any atom is 0.408 e. The second-order valence-electron chi connectivity index (χ2n) is 9.96. The minimum atomic E-state index is -0.937. The van der Waals surface area contributed by atoms with Crippen LogP contribution in [0.4, 0.5) is 4.79 Å². The first-order valence-corrected chi connectivity index (χ1v) is 12.1. The Morgan fingerprint density at radius 1 is 0.972 bits per heavy atom. The van der Waals surface area contributed by atoms with Crippen LogP contribution in [0.3, 0.4) is 0 Å². The van der Waals surface area contributed by atoms with Crippen LogP contribution in [0.1, 0.15) is 45.2 Å². The van der Waals surface area contributed by atoms with Crippen molar-refractivity contribution in [1.29, 1.82) is 0 Å². The number of ether oxygens (including phenoxy) is 3. The summed E-state index contributed by atoms with van der Waals surface area (Å²) in [5.41, 5.74) is 8.97. The highest BCUT2D eigenvalue weighted by Crippen LogP contribution is 2.27. The molecule has 1 amide bonds. The van der Waals surface area contributed by atoms with Crippen LogP contribution in [-0.4, -0.2) is 29.8 Å². The lowest BCUT2D eigenvalue weighted by molar-refractivity contribution is -0.147.